The Kier molecular flexibility index (Phi) is 6.91. The van der Waals surface area contributed by atoms with Crippen LogP contribution in [0, 0.1) is 5.41 Å². The number of ether oxygens (including phenoxy) is 1. The van der Waals surface area contributed by atoms with Crippen molar-refractivity contribution in [2.24, 2.45) is 5.41 Å². The Balaban J connectivity index is 1.56. The van der Waals surface area contributed by atoms with Crippen molar-refractivity contribution in [3.63, 3.8) is 0 Å². The van der Waals surface area contributed by atoms with Crippen LogP contribution in [0.5, 0.6) is 5.75 Å². The summed E-state index contributed by atoms with van der Waals surface area (Å²) in [7, 11) is 1.60. The van der Waals surface area contributed by atoms with Crippen molar-refractivity contribution in [2.75, 3.05) is 17.3 Å². The van der Waals surface area contributed by atoms with Gasteiger partial charge < -0.3 is 24.8 Å². The van der Waals surface area contributed by atoms with E-state index in [2.05, 4.69) is 55.7 Å². The van der Waals surface area contributed by atoms with Gasteiger partial charge in [-0.15, -0.1) is 0 Å². The minimum absolute atomic E-state index is 0.0859. The van der Waals surface area contributed by atoms with Gasteiger partial charge in [0, 0.05) is 41.4 Å². The van der Waals surface area contributed by atoms with Gasteiger partial charge in [0.1, 0.15) is 5.75 Å². The number of nitrogens with zero attached hydrogens (tertiary/aromatic N) is 3. The van der Waals surface area contributed by atoms with Gasteiger partial charge in [0.25, 0.3) is 0 Å². The lowest BCUT2D eigenvalue weighted by Gasteiger charge is -2.28. The number of thiocarbonyl (C=S) groups is 1. The molecule has 0 aliphatic carbocycles. The Morgan fingerprint density at radius 1 is 1.03 bits per heavy atom. The SMILES string of the molecule is COc1cc(N2C(=S)N[C@H](c3ccccn3)[C@H]2c2ccn(-c3ccccc3)c2)ccc1NC(=O)C(C)(C)C. The smallest absolute Gasteiger partial charge is 0.229 e. The van der Waals surface area contributed by atoms with Gasteiger partial charge in [0.2, 0.25) is 5.91 Å². The largest absolute Gasteiger partial charge is 0.494 e. The van der Waals surface area contributed by atoms with E-state index in [0.717, 1.165) is 22.6 Å². The third-order valence-corrected chi connectivity index (χ3v) is 6.92. The number of hydrogen-bond donors (Lipinski definition) is 2. The predicted octanol–water partition coefficient (Wildman–Crippen LogP) is 6.04. The monoisotopic (exact) mass is 525 g/mol. The average Bonchev–Trinajstić information content (AvgIpc) is 3.54. The Labute approximate surface area is 228 Å². The van der Waals surface area contributed by atoms with E-state index in [-0.39, 0.29) is 18.0 Å². The summed E-state index contributed by atoms with van der Waals surface area (Å²) in [5.41, 5.74) is 3.99. The molecule has 38 heavy (non-hydrogen) atoms. The fourth-order valence-corrected chi connectivity index (χ4v) is 4.91. The van der Waals surface area contributed by atoms with E-state index in [9.17, 15) is 4.79 Å². The number of para-hydroxylation sites is 1. The molecule has 3 heterocycles. The molecular formula is C30H31N5O2S. The number of nitrogens with one attached hydrogen (secondary N) is 2. The first kappa shape index (κ1) is 25.5. The minimum atomic E-state index is -0.531. The molecule has 2 N–H and O–H groups in total. The Bertz CT molecular complexity index is 1450. The van der Waals surface area contributed by atoms with Gasteiger partial charge in [0.15, 0.2) is 5.11 Å². The Hall–Kier alpha value is -4.17. The first-order chi connectivity index (χ1) is 18.3. The van der Waals surface area contributed by atoms with Crippen molar-refractivity contribution in [3.8, 4) is 11.4 Å². The van der Waals surface area contributed by atoms with Gasteiger partial charge in [-0.25, -0.2) is 0 Å². The third-order valence-electron chi connectivity index (χ3n) is 6.60. The molecule has 0 unspecified atom stereocenters. The molecule has 0 bridgehead atoms. The normalized spacial score (nSPS) is 17.3. The van der Waals surface area contributed by atoms with E-state index >= 15 is 0 Å². The van der Waals surface area contributed by atoms with E-state index in [0.29, 0.717) is 16.5 Å². The van der Waals surface area contributed by atoms with Crippen LogP contribution in [0.3, 0.4) is 0 Å². The maximum atomic E-state index is 12.6. The van der Waals surface area contributed by atoms with Crippen LogP contribution < -0.4 is 20.3 Å². The average molecular weight is 526 g/mol. The zero-order valence-electron chi connectivity index (χ0n) is 21.9. The fourth-order valence-electron chi connectivity index (χ4n) is 4.56. The first-order valence-corrected chi connectivity index (χ1v) is 12.9. The number of anilines is 2. The predicted molar refractivity (Wildman–Crippen MR) is 155 cm³/mol. The standard InChI is InChI=1S/C30H31N5O2S/c1-30(2,3)28(36)32-23-14-13-22(18-25(23)37-4)35-27(26(33-29(35)38)24-12-8-9-16-31-24)20-15-17-34(19-20)21-10-6-5-7-11-21/h5-19,26-27H,1-4H3,(H,32,36)(H,33,38)/t26-,27-/m1/s1. The fraction of sp³-hybridized carbons (Fsp3) is 0.233. The summed E-state index contributed by atoms with van der Waals surface area (Å²) in [5, 5.41) is 7.07. The molecule has 4 aromatic rings. The molecule has 1 fully saturated rings. The topological polar surface area (TPSA) is 71.4 Å². The molecule has 1 aliphatic rings. The number of pyridine rings is 1. The van der Waals surface area contributed by atoms with Crippen molar-refractivity contribution in [1.82, 2.24) is 14.9 Å². The summed E-state index contributed by atoms with van der Waals surface area (Å²) in [5.74, 6) is 0.474. The van der Waals surface area contributed by atoms with Gasteiger partial charge >= 0.3 is 0 Å². The lowest BCUT2D eigenvalue weighted by atomic mass is 9.95. The number of carbonyl (C=O) groups excluding carboxylic acids is 1. The number of benzene rings is 2. The van der Waals surface area contributed by atoms with Crippen LogP contribution in [-0.4, -0.2) is 27.7 Å². The van der Waals surface area contributed by atoms with Crippen molar-refractivity contribution < 1.29 is 9.53 Å². The van der Waals surface area contributed by atoms with Crippen molar-refractivity contribution in [3.05, 3.63) is 103 Å². The molecular weight excluding hydrogens is 494 g/mol. The molecule has 194 valence electrons. The minimum Gasteiger partial charge on any atom is -0.494 e. The van der Waals surface area contributed by atoms with E-state index < -0.39 is 5.41 Å². The van der Waals surface area contributed by atoms with Crippen LogP contribution in [0.25, 0.3) is 5.69 Å². The number of rotatable bonds is 6. The second-order valence-electron chi connectivity index (χ2n) is 10.3. The van der Waals surface area contributed by atoms with Crippen molar-refractivity contribution in [1.29, 1.82) is 0 Å². The number of hydrogen-bond acceptors (Lipinski definition) is 4. The molecule has 7 nitrogen and oxygen atoms in total. The van der Waals surface area contributed by atoms with Gasteiger partial charge in [-0.1, -0.05) is 45.0 Å². The number of methoxy groups -OCH3 is 1. The number of carbonyl (C=O) groups is 1. The molecule has 1 saturated heterocycles. The first-order valence-electron chi connectivity index (χ1n) is 12.5. The Morgan fingerprint density at radius 2 is 1.79 bits per heavy atom. The number of amides is 1. The summed E-state index contributed by atoms with van der Waals surface area (Å²) in [6.07, 6.45) is 5.99. The molecule has 1 aliphatic heterocycles. The molecule has 0 radical (unpaired) electrons. The Morgan fingerprint density at radius 3 is 2.47 bits per heavy atom. The van der Waals surface area contributed by atoms with Crippen molar-refractivity contribution >= 4 is 34.6 Å². The van der Waals surface area contributed by atoms with Crippen molar-refractivity contribution in [2.45, 2.75) is 32.9 Å². The zero-order chi connectivity index (χ0) is 26.9. The van der Waals surface area contributed by atoms with Gasteiger partial charge in [-0.05, 0) is 60.2 Å². The molecule has 0 spiro atoms. The maximum absolute atomic E-state index is 12.6. The van der Waals surface area contributed by atoms with Crippen LogP contribution >= 0.6 is 12.2 Å². The summed E-state index contributed by atoms with van der Waals surface area (Å²) >= 11 is 5.88. The van der Waals surface area contributed by atoms with Gasteiger partial charge in [-0.2, -0.15) is 0 Å². The highest BCUT2D eigenvalue weighted by Crippen LogP contribution is 2.43. The molecule has 2 aromatic heterocycles. The third kappa shape index (κ3) is 4.99. The molecule has 2 atom stereocenters. The molecule has 2 aromatic carbocycles. The highest BCUT2D eigenvalue weighted by atomic mass is 32.1. The van der Waals surface area contributed by atoms with E-state index in [1.54, 1.807) is 13.3 Å². The molecule has 5 rings (SSSR count). The summed E-state index contributed by atoms with van der Waals surface area (Å²) in [6, 6.07) is 23.6. The van der Waals surface area contributed by atoms with Crippen LogP contribution in [0.2, 0.25) is 0 Å². The highest BCUT2D eigenvalue weighted by molar-refractivity contribution is 7.80. The highest BCUT2D eigenvalue weighted by Gasteiger charge is 2.41. The molecule has 1 amide bonds. The van der Waals surface area contributed by atoms with Crippen LogP contribution in [-0.2, 0) is 4.79 Å². The lowest BCUT2D eigenvalue weighted by molar-refractivity contribution is -0.123. The van der Waals surface area contributed by atoms with E-state index in [1.165, 1.54) is 0 Å². The van der Waals surface area contributed by atoms with E-state index in [4.69, 9.17) is 17.0 Å². The second-order valence-corrected chi connectivity index (χ2v) is 10.7. The molecule has 0 saturated carbocycles. The second kappa shape index (κ2) is 10.3. The summed E-state index contributed by atoms with van der Waals surface area (Å²) in [4.78, 5) is 19.4. The van der Waals surface area contributed by atoms with Crippen LogP contribution in [0.4, 0.5) is 11.4 Å². The van der Waals surface area contributed by atoms with Gasteiger partial charge in [0.05, 0.1) is 30.6 Å². The summed E-state index contributed by atoms with van der Waals surface area (Å²) in [6.45, 7) is 5.63. The maximum Gasteiger partial charge on any atom is 0.229 e. The zero-order valence-corrected chi connectivity index (χ0v) is 22.7. The van der Waals surface area contributed by atoms with E-state index in [1.807, 2.05) is 75.4 Å². The van der Waals surface area contributed by atoms with Gasteiger partial charge in [-0.3, -0.25) is 9.78 Å². The summed E-state index contributed by atoms with van der Waals surface area (Å²) < 4.78 is 7.79. The van der Waals surface area contributed by atoms with Crippen LogP contribution in [0.1, 0.15) is 44.1 Å². The van der Waals surface area contributed by atoms with Crippen LogP contribution in [0.15, 0.2) is 91.4 Å². The quantitative estimate of drug-likeness (QED) is 0.299. The number of aromatic nitrogens is 2. The lowest BCUT2D eigenvalue weighted by Crippen LogP contribution is -2.30. The molecule has 8 heteroatoms.